The van der Waals surface area contributed by atoms with Gasteiger partial charge < -0.3 is 10.7 Å². The van der Waals surface area contributed by atoms with Gasteiger partial charge in [0.25, 0.3) is 5.91 Å². The van der Waals surface area contributed by atoms with Crippen LogP contribution < -0.4 is 16.6 Å². The summed E-state index contributed by atoms with van der Waals surface area (Å²) in [6.45, 7) is 2.39. The van der Waals surface area contributed by atoms with E-state index in [1.807, 2.05) is 6.92 Å². The Bertz CT molecular complexity index is 537. The minimum absolute atomic E-state index is 0.218. The van der Waals surface area contributed by atoms with Gasteiger partial charge in [0.2, 0.25) is 0 Å². The second-order valence-corrected chi connectivity index (χ2v) is 4.92. The zero-order valence-electron chi connectivity index (χ0n) is 9.80. The third kappa shape index (κ3) is 3.02. The fourth-order valence-electron chi connectivity index (χ4n) is 1.36. The van der Waals surface area contributed by atoms with Crippen LogP contribution >= 0.6 is 11.3 Å². The lowest BCUT2D eigenvalue weighted by molar-refractivity contribution is 0.0946. The number of hydrazine groups is 1. The van der Waals surface area contributed by atoms with Crippen LogP contribution in [0.5, 0.6) is 0 Å². The fraction of sp³-hybridized carbons (Fsp3) is 0.182. The number of thiazole rings is 1. The van der Waals surface area contributed by atoms with Gasteiger partial charge in [-0.25, -0.2) is 9.97 Å². The number of rotatable bonds is 4. The molecule has 6 nitrogen and oxygen atoms in total. The van der Waals surface area contributed by atoms with Gasteiger partial charge in [-0.1, -0.05) is 0 Å². The van der Waals surface area contributed by atoms with Crippen LogP contribution in [0.1, 0.15) is 20.4 Å². The van der Waals surface area contributed by atoms with Crippen LogP contribution in [-0.2, 0) is 6.54 Å². The molecular formula is C11H13N5OS. The number of aryl methyl sites for hydroxylation is 1. The van der Waals surface area contributed by atoms with Crippen molar-refractivity contribution >= 4 is 22.9 Å². The number of pyridine rings is 1. The molecule has 0 fully saturated rings. The Labute approximate surface area is 108 Å². The van der Waals surface area contributed by atoms with Gasteiger partial charge >= 0.3 is 0 Å². The second-order valence-electron chi connectivity index (χ2n) is 3.60. The van der Waals surface area contributed by atoms with E-state index in [-0.39, 0.29) is 5.91 Å². The topological polar surface area (TPSA) is 92.9 Å². The standard InChI is InChI=1S/C11H13N5OS/c1-7-13-5-9(18-7)6-15-11(17)10-3-2-8(16-12)4-14-10/h2-5,16H,6,12H2,1H3,(H,15,17). The number of nitrogen functional groups attached to an aromatic ring is 1. The summed E-state index contributed by atoms with van der Waals surface area (Å²) in [6, 6.07) is 3.31. The van der Waals surface area contributed by atoms with E-state index in [1.54, 1.807) is 29.7 Å². The Morgan fingerprint density at radius 2 is 2.22 bits per heavy atom. The maximum absolute atomic E-state index is 11.8. The summed E-state index contributed by atoms with van der Waals surface area (Å²) < 4.78 is 0. The van der Waals surface area contributed by atoms with Crippen LogP contribution in [0, 0.1) is 6.92 Å². The van der Waals surface area contributed by atoms with Gasteiger partial charge in [0, 0.05) is 11.1 Å². The number of amides is 1. The van der Waals surface area contributed by atoms with Crippen molar-refractivity contribution in [1.82, 2.24) is 15.3 Å². The molecule has 0 bridgehead atoms. The predicted molar refractivity (Wildman–Crippen MR) is 70.1 cm³/mol. The highest BCUT2D eigenvalue weighted by Gasteiger charge is 2.07. The zero-order valence-corrected chi connectivity index (χ0v) is 10.6. The first-order valence-corrected chi connectivity index (χ1v) is 6.13. The molecule has 4 N–H and O–H groups in total. The minimum atomic E-state index is -0.218. The molecule has 2 aromatic rings. The van der Waals surface area contributed by atoms with E-state index < -0.39 is 0 Å². The molecule has 0 aliphatic carbocycles. The van der Waals surface area contributed by atoms with Crippen molar-refractivity contribution in [2.45, 2.75) is 13.5 Å². The molecule has 0 saturated carbocycles. The van der Waals surface area contributed by atoms with E-state index >= 15 is 0 Å². The Hall–Kier alpha value is -1.99. The summed E-state index contributed by atoms with van der Waals surface area (Å²) in [6.07, 6.45) is 3.26. The van der Waals surface area contributed by atoms with Crippen LogP contribution in [0.15, 0.2) is 24.5 Å². The molecule has 94 valence electrons. The largest absolute Gasteiger partial charge is 0.346 e. The molecule has 1 amide bonds. The van der Waals surface area contributed by atoms with Gasteiger partial charge in [-0.3, -0.25) is 10.6 Å². The average molecular weight is 263 g/mol. The number of anilines is 1. The summed E-state index contributed by atoms with van der Waals surface area (Å²) in [7, 11) is 0. The lowest BCUT2D eigenvalue weighted by Crippen LogP contribution is -2.23. The normalized spacial score (nSPS) is 10.1. The zero-order chi connectivity index (χ0) is 13.0. The molecule has 0 radical (unpaired) electrons. The third-order valence-electron chi connectivity index (χ3n) is 2.26. The number of nitrogens with one attached hydrogen (secondary N) is 2. The Kier molecular flexibility index (Phi) is 3.85. The van der Waals surface area contributed by atoms with Crippen LogP contribution in [0.25, 0.3) is 0 Å². The summed E-state index contributed by atoms with van der Waals surface area (Å²) in [4.78, 5) is 20.9. The van der Waals surface area contributed by atoms with E-state index in [0.717, 1.165) is 9.88 Å². The number of nitrogens with zero attached hydrogens (tertiary/aromatic N) is 2. The average Bonchev–Trinajstić information content (AvgIpc) is 2.82. The van der Waals surface area contributed by atoms with Gasteiger partial charge in [-0.2, -0.15) is 0 Å². The quantitative estimate of drug-likeness (QED) is 0.566. The highest BCUT2D eigenvalue weighted by molar-refractivity contribution is 7.11. The predicted octanol–water partition coefficient (Wildman–Crippen LogP) is 1.06. The molecule has 0 unspecified atom stereocenters. The molecule has 0 spiro atoms. The molecular weight excluding hydrogens is 250 g/mol. The lowest BCUT2D eigenvalue weighted by atomic mass is 10.3. The van der Waals surface area contributed by atoms with E-state index in [1.165, 1.54) is 6.20 Å². The molecule has 0 aromatic carbocycles. The molecule has 0 saturated heterocycles. The van der Waals surface area contributed by atoms with Crippen LogP contribution in [0.4, 0.5) is 5.69 Å². The van der Waals surface area contributed by atoms with E-state index in [0.29, 0.717) is 17.9 Å². The van der Waals surface area contributed by atoms with Crippen molar-refractivity contribution in [2.24, 2.45) is 5.84 Å². The SMILES string of the molecule is Cc1ncc(CNC(=O)c2ccc(NN)cn2)s1. The van der Waals surface area contributed by atoms with Crippen molar-refractivity contribution in [3.05, 3.63) is 40.1 Å². The Balaban J connectivity index is 1.94. The molecule has 18 heavy (non-hydrogen) atoms. The van der Waals surface area contributed by atoms with Crippen molar-refractivity contribution in [3.63, 3.8) is 0 Å². The van der Waals surface area contributed by atoms with Gasteiger partial charge in [0.05, 0.1) is 23.4 Å². The third-order valence-corrected chi connectivity index (χ3v) is 3.17. The number of hydrogen-bond acceptors (Lipinski definition) is 6. The Morgan fingerprint density at radius 3 is 2.78 bits per heavy atom. The monoisotopic (exact) mass is 263 g/mol. The number of carbonyl (C=O) groups is 1. The van der Waals surface area contributed by atoms with Gasteiger partial charge in [-0.05, 0) is 19.1 Å². The minimum Gasteiger partial charge on any atom is -0.346 e. The Morgan fingerprint density at radius 1 is 1.39 bits per heavy atom. The lowest BCUT2D eigenvalue weighted by Gasteiger charge is -2.03. The fourth-order valence-corrected chi connectivity index (χ4v) is 2.09. The number of hydrogen-bond donors (Lipinski definition) is 3. The summed E-state index contributed by atoms with van der Waals surface area (Å²) in [5.41, 5.74) is 3.47. The highest BCUT2D eigenvalue weighted by Crippen LogP contribution is 2.11. The maximum atomic E-state index is 11.8. The van der Waals surface area contributed by atoms with Gasteiger partial charge in [-0.15, -0.1) is 11.3 Å². The van der Waals surface area contributed by atoms with Crippen molar-refractivity contribution in [3.8, 4) is 0 Å². The molecule has 0 aliphatic heterocycles. The smallest absolute Gasteiger partial charge is 0.270 e. The molecule has 2 heterocycles. The van der Waals surface area contributed by atoms with Gasteiger partial charge in [0.1, 0.15) is 5.69 Å². The van der Waals surface area contributed by atoms with Crippen molar-refractivity contribution in [1.29, 1.82) is 0 Å². The first-order chi connectivity index (χ1) is 8.69. The van der Waals surface area contributed by atoms with Crippen molar-refractivity contribution < 1.29 is 4.79 Å². The first kappa shape index (κ1) is 12.5. The molecule has 2 aromatic heterocycles. The van der Waals surface area contributed by atoms with Crippen LogP contribution in [0.2, 0.25) is 0 Å². The van der Waals surface area contributed by atoms with Gasteiger partial charge in [0.15, 0.2) is 0 Å². The van der Waals surface area contributed by atoms with E-state index in [9.17, 15) is 4.79 Å². The number of nitrogens with two attached hydrogens (primary N) is 1. The number of carbonyl (C=O) groups excluding carboxylic acids is 1. The first-order valence-electron chi connectivity index (χ1n) is 5.31. The van der Waals surface area contributed by atoms with E-state index in [2.05, 4.69) is 20.7 Å². The van der Waals surface area contributed by atoms with Crippen LogP contribution in [-0.4, -0.2) is 15.9 Å². The van der Waals surface area contributed by atoms with Crippen LogP contribution in [0.3, 0.4) is 0 Å². The summed E-state index contributed by atoms with van der Waals surface area (Å²) in [5, 5.41) is 3.77. The summed E-state index contributed by atoms with van der Waals surface area (Å²) in [5.74, 6) is 5.00. The number of aromatic nitrogens is 2. The van der Waals surface area contributed by atoms with E-state index in [4.69, 9.17) is 5.84 Å². The second kappa shape index (κ2) is 5.56. The molecule has 2 rings (SSSR count). The molecule has 7 heteroatoms. The highest BCUT2D eigenvalue weighted by atomic mass is 32.1. The van der Waals surface area contributed by atoms with Crippen molar-refractivity contribution in [2.75, 3.05) is 5.43 Å². The maximum Gasteiger partial charge on any atom is 0.270 e. The molecule has 0 aliphatic rings. The molecule has 0 atom stereocenters. The summed E-state index contributed by atoms with van der Waals surface area (Å²) >= 11 is 1.56.